The van der Waals surface area contributed by atoms with E-state index in [-0.39, 0.29) is 23.2 Å². The lowest BCUT2D eigenvalue weighted by Crippen LogP contribution is -2.55. The third-order valence-electron chi connectivity index (χ3n) is 5.79. The normalized spacial score (nSPS) is 40.4. The van der Waals surface area contributed by atoms with Crippen LogP contribution in [0.4, 0.5) is 0 Å². The number of fused-ring (bicyclic) bond motifs is 2. The van der Waals surface area contributed by atoms with E-state index in [2.05, 4.69) is 5.32 Å². The van der Waals surface area contributed by atoms with Gasteiger partial charge in [0.15, 0.2) is 0 Å². The Morgan fingerprint density at radius 1 is 1.38 bits per heavy atom. The van der Waals surface area contributed by atoms with Crippen molar-refractivity contribution in [2.24, 2.45) is 16.7 Å². The minimum absolute atomic E-state index is 0.0152. The molecule has 0 radical (unpaired) electrons. The Labute approximate surface area is 126 Å². The molecule has 21 heavy (non-hydrogen) atoms. The Hall–Kier alpha value is -0.500. The van der Waals surface area contributed by atoms with Gasteiger partial charge in [-0.1, -0.05) is 13.8 Å². The van der Waals surface area contributed by atoms with E-state index in [1.807, 2.05) is 20.8 Å². The molecule has 3 N–H and O–H groups in total. The van der Waals surface area contributed by atoms with Crippen LogP contribution in [-0.4, -0.2) is 48.3 Å². The minimum atomic E-state index is -4.08. The number of Topliss-reactive ketones (excluding diaryl/α,β-unsaturated/α-hetero) is 1. The lowest BCUT2D eigenvalue weighted by atomic mass is 9.70. The zero-order valence-corrected chi connectivity index (χ0v) is 13.6. The average molecular weight is 319 g/mol. The quantitative estimate of drug-likeness (QED) is 0.644. The maximum absolute atomic E-state index is 11.9. The standard InChI is InChI=1S/C10H16O4S.C4H9NO/c1-9(2)7-3-4-10(9,8(11)5-7)6-15(12,13)14;1-3-4(6)2-5-3/h7H,3-6H2,1-2H3,(H,12,13,14);3-6H,2H2,1H3/t7-,10+;3-,4+/m10/s1. The Morgan fingerprint density at radius 3 is 2.19 bits per heavy atom. The molecule has 122 valence electrons. The monoisotopic (exact) mass is 319 g/mol. The van der Waals surface area contributed by atoms with Crippen molar-refractivity contribution in [1.82, 2.24) is 5.32 Å². The second-order valence-corrected chi connectivity index (χ2v) is 8.61. The summed E-state index contributed by atoms with van der Waals surface area (Å²) >= 11 is 0. The maximum Gasteiger partial charge on any atom is 0.265 e. The summed E-state index contributed by atoms with van der Waals surface area (Å²) in [6, 6.07) is 0.338. The number of ketones is 1. The third-order valence-corrected chi connectivity index (χ3v) is 6.65. The summed E-state index contributed by atoms with van der Waals surface area (Å²) in [4.78, 5) is 11.9. The molecule has 4 atom stereocenters. The summed E-state index contributed by atoms with van der Waals surface area (Å²) in [7, 11) is -4.08. The van der Waals surface area contributed by atoms with Crippen LogP contribution in [-0.2, 0) is 14.9 Å². The maximum atomic E-state index is 11.9. The van der Waals surface area contributed by atoms with Crippen molar-refractivity contribution >= 4 is 15.9 Å². The summed E-state index contributed by atoms with van der Waals surface area (Å²) in [5.41, 5.74) is -1.12. The second kappa shape index (κ2) is 5.30. The first-order valence-corrected chi connectivity index (χ1v) is 9.00. The van der Waals surface area contributed by atoms with Crippen molar-refractivity contribution in [3.05, 3.63) is 0 Å². The fourth-order valence-electron chi connectivity index (χ4n) is 3.88. The Morgan fingerprint density at radius 2 is 1.95 bits per heavy atom. The van der Waals surface area contributed by atoms with Gasteiger partial charge in [0.2, 0.25) is 0 Å². The van der Waals surface area contributed by atoms with Gasteiger partial charge in [0.1, 0.15) is 5.78 Å². The van der Waals surface area contributed by atoms with Crippen LogP contribution in [0.15, 0.2) is 0 Å². The number of carbonyl (C=O) groups excluding carboxylic acids is 1. The van der Waals surface area contributed by atoms with Crippen LogP contribution in [0.3, 0.4) is 0 Å². The molecule has 0 amide bonds. The van der Waals surface area contributed by atoms with E-state index in [0.29, 0.717) is 18.9 Å². The van der Waals surface area contributed by atoms with Crippen LogP contribution in [0.2, 0.25) is 0 Å². The van der Waals surface area contributed by atoms with Crippen LogP contribution >= 0.6 is 0 Å². The van der Waals surface area contributed by atoms with E-state index in [0.717, 1.165) is 13.0 Å². The highest BCUT2D eigenvalue weighted by atomic mass is 32.2. The molecule has 2 bridgehead atoms. The molecule has 2 aliphatic carbocycles. The van der Waals surface area contributed by atoms with Gasteiger partial charge >= 0.3 is 0 Å². The number of aliphatic hydroxyl groups is 1. The summed E-state index contributed by atoms with van der Waals surface area (Å²) in [6.07, 6.45) is 1.89. The highest BCUT2D eigenvalue weighted by molar-refractivity contribution is 7.85. The van der Waals surface area contributed by atoms with E-state index in [1.165, 1.54) is 0 Å². The lowest BCUT2D eigenvalue weighted by molar-refractivity contribution is -0.128. The molecule has 3 aliphatic rings. The summed E-state index contributed by atoms with van der Waals surface area (Å²) in [6.45, 7) is 6.64. The van der Waals surface area contributed by atoms with Crippen molar-refractivity contribution < 1.29 is 22.9 Å². The molecular weight excluding hydrogens is 294 g/mol. The summed E-state index contributed by atoms with van der Waals surface area (Å²) in [5, 5.41) is 11.7. The molecule has 0 aromatic heterocycles. The molecule has 3 rings (SSSR count). The minimum Gasteiger partial charge on any atom is -0.390 e. The smallest absolute Gasteiger partial charge is 0.265 e. The van der Waals surface area contributed by atoms with Crippen LogP contribution in [0.5, 0.6) is 0 Å². The van der Waals surface area contributed by atoms with Gasteiger partial charge in [-0.3, -0.25) is 9.35 Å². The molecule has 0 spiro atoms. The zero-order valence-electron chi connectivity index (χ0n) is 12.8. The van der Waals surface area contributed by atoms with Crippen LogP contribution in [0.25, 0.3) is 0 Å². The Bertz CT molecular complexity index is 521. The number of rotatable bonds is 2. The predicted octanol–water partition coefficient (Wildman–Crippen LogP) is 0.609. The highest BCUT2D eigenvalue weighted by Gasteiger charge is 2.65. The molecule has 6 nitrogen and oxygen atoms in total. The van der Waals surface area contributed by atoms with Crippen molar-refractivity contribution in [2.45, 2.75) is 52.2 Å². The van der Waals surface area contributed by atoms with Gasteiger partial charge in [0, 0.05) is 19.0 Å². The van der Waals surface area contributed by atoms with Gasteiger partial charge in [-0.25, -0.2) is 0 Å². The van der Waals surface area contributed by atoms with Crippen LogP contribution in [0.1, 0.15) is 40.0 Å². The van der Waals surface area contributed by atoms with Crippen LogP contribution in [0, 0.1) is 16.7 Å². The number of hydrogen-bond acceptors (Lipinski definition) is 5. The van der Waals surface area contributed by atoms with E-state index in [9.17, 15) is 13.2 Å². The molecule has 1 saturated heterocycles. The summed E-state index contributed by atoms with van der Waals surface area (Å²) < 4.78 is 31.0. The van der Waals surface area contributed by atoms with Gasteiger partial charge in [-0.05, 0) is 31.1 Å². The predicted molar refractivity (Wildman–Crippen MR) is 78.4 cm³/mol. The summed E-state index contributed by atoms with van der Waals surface area (Å²) in [5.74, 6) is -0.101. The van der Waals surface area contributed by atoms with E-state index < -0.39 is 21.3 Å². The first-order chi connectivity index (χ1) is 9.49. The first kappa shape index (κ1) is 16.9. The van der Waals surface area contributed by atoms with Crippen molar-refractivity contribution in [2.75, 3.05) is 12.3 Å². The molecule has 3 fully saturated rings. The van der Waals surface area contributed by atoms with Gasteiger partial charge < -0.3 is 10.4 Å². The van der Waals surface area contributed by atoms with Gasteiger partial charge in [-0.15, -0.1) is 0 Å². The molecule has 0 aromatic rings. The molecule has 7 heteroatoms. The second-order valence-electron chi connectivity index (χ2n) is 7.16. The Balaban J connectivity index is 0.000000225. The van der Waals surface area contributed by atoms with Gasteiger partial charge in [-0.2, -0.15) is 8.42 Å². The molecule has 1 heterocycles. The largest absolute Gasteiger partial charge is 0.390 e. The van der Waals surface area contributed by atoms with Crippen LogP contribution < -0.4 is 5.32 Å². The number of β-amino-alcohol motifs (C(OH)–C–C–N with tert-alkyl or cyclic N) is 1. The number of hydrogen-bond donors (Lipinski definition) is 3. The topological polar surface area (TPSA) is 104 Å². The molecule has 2 saturated carbocycles. The molecule has 1 aliphatic heterocycles. The zero-order chi connectivity index (χ0) is 16.1. The van der Waals surface area contributed by atoms with E-state index in [1.54, 1.807) is 0 Å². The first-order valence-electron chi connectivity index (χ1n) is 7.39. The molecule has 0 unspecified atom stereocenters. The number of carbonyl (C=O) groups is 1. The van der Waals surface area contributed by atoms with E-state index >= 15 is 0 Å². The highest BCUT2D eigenvalue weighted by Crippen LogP contribution is 2.64. The van der Waals surface area contributed by atoms with Crippen molar-refractivity contribution in [3.8, 4) is 0 Å². The SMILES string of the molecule is CC1(C)[C@@H]2CC[C@]1(CS(=O)(=O)O)C(=O)C2.C[C@@H]1NC[C@H]1O. The average Bonchev–Trinajstić information content (AvgIpc) is 2.69. The molecular formula is C14H25NO5S. The number of nitrogens with one attached hydrogen (secondary N) is 1. The van der Waals surface area contributed by atoms with Crippen molar-refractivity contribution in [3.63, 3.8) is 0 Å². The fourth-order valence-corrected chi connectivity index (χ4v) is 5.18. The molecule has 0 aromatic carbocycles. The van der Waals surface area contributed by atoms with Crippen molar-refractivity contribution in [1.29, 1.82) is 0 Å². The fraction of sp³-hybridized carbons (Fsp3) is 0.929. The van der Waals surface area contributed by atoms with Gasteiger partial charge in [0.05, 0.1) is 17.3 Å². The third kappa shape index (κ3) is 2.88. The number of aliphatic hydroxyl groups excluding tert-OH is 1. The Kier molecular flexibility index (Phi) is 4.25. The lowest BCUT2D eigenvalue weighted by Gasteiger charge is -2.35. The van der Waals surface area contributed by atoms with Gasteiger partial charge in [0.25, 0.3) is 10.1 Å². The van der Waals surface area contributed by atoms with E-state index in [4.69, 9.17) is 9.66 Å².